The van der Waals surface area contributed by atoms with Crippen LogP contribution in [0.2, 0.25) is 5.02 Å². The predicted molar refractivity (Wildman–Crippen MR) is 65.6 cm³/mol. The van der Waals surface area contributed by atoms with Gasteiger partial charge in [0.15, 0.2) is 0 Å². The molecule has 0 saturated carbocycles. The van der Waals surface area contributed by atoms with Crippen molar-refractivity contribution in [2.75, 3.05) is 18.4 Å². The van der Waals surface area contributed by atoms with Crippen LogP contribution in [0.3, 0.4) is 0 Å². The quantitative estimate of drug-likeness (QED) is 0.852. The first-order chi connectivity index (χ1) is 8.09. The van der Waals surface area contributed by atoms with Crippen LogP contribution >= 0.6 is 11.6 Å². The summed E-state index contributed by atoms with van der Waals surface area (Å²) >= 11 is 5.85. The second-order valence-corrected chi connectivity index (χ2v) is 4.74. The zero-order chi connectivity index (χ0) is 12.4. The second-order valence-electron chi connectivity index (χ2n) is 4.33. The Balaban J connectivity index is 2.13. The molecule has 1 fully saturated rings. The Morgan fingerprint density at radius 1 is 1.53 bits per heavy atom. The smallest absolute Gasteiger partial charge is 0.229 e. The average molecular weight is 257 g/mol. The second kappa shape index (κ2) is 5.02. The molecular weight excluding hydrogens is 243 g/mol. The lowest BCUT2D eigenvalue weighted by Crippen LogP contribution is -2.28. The molecule has 1 heterocycles. The van der Waals surface area contributed by atoms with Crippen LogP contribution in [0.1, 0.15) is 6.92 Å². The first-order valence-corrected chi connectivity index (χ1v) is 5.93. The van der Waals surface area contributed by atoms with Crippen molar-refractivity contribution in [3.05, 3.63) is 29.0 Å². The highest BCUT2D eigenvalue weighted by molar-refractivity contribution is 6.33. The number of carbonyl (C=O) groups is 1. The molecule has 1 amide bonds. The third-order valence-electron chi connectivity index (χ3n) is 3.07. The topological polar surface area (TPSA) is 41.1 Å². The van der Waals surface area contributed by atoms with Crippen molar-refractivity contribution in [1.82, 2.24) is 5.32 Å². The maximum Gasteiger partial charge on any atom is 0.229 e. The summed E-state index contributed by atoms with van der Waals surface area (Å²) in [4.78, 5) is 12.0. The van der Waals surface area contributed by atoms with E-state index in [-0.39, 0.29) is 28.5 Å². The molecule has 1 aromatic carbocycles. The van der Waals surface area contributed by atoms with Gasteiger partial charge in [-0.1, -0.05) is 24.6 Å². The highest BCUT2D eigenvalue weighted by Gasteiger charge is 2.30. The third kappa shape index (κ3) is 2.58. The fraction of sp³-hybridized carbons (Fsp3) is 0.417. The molecule has 92 valence electrons. The van der Waals surface area contributed by atoms with Crippen molar-refractivity contribution in [1.29, 1.82) is 0 Å². The number of rotatable bonds is 2. The molecule has 2 rings (SSSR count). The highest BCUT2D eigenvalue weighted by atomic mass is 35.5. The van der Waals surface area contributed by atoms with Crippen molar-refractivity contribution >= 4 is 23.2 Å². The van der Waals surface area contributed by atoms with Gasteiger partial charge in [0.25, 0.3) is 0 Å². The zero-order valence-electron chi connectivity index (χ0n) is 9.47. The van der Waals surface area contributed by atoms with Crippen LogP contribution in [0.25, 0.3) is 0 Å². The van der Waals surface area contributed by atoms with Gasteiger partial charge in [-0.3, -0.25) is 4.79 Å². The monoisotopic (exact) mass is 256 g/mol. The summed E-state index contributed by atoms with van der Waals surface area (Å²) in [6.07, 6.45) is 0. The molecule has 0 aromatic heterocycles. The minimum absolute atomic E-state index is 0.0678. The molecule has 1 aromatic rings. The SMILES string of the molecule is CC1CNCC1C(=O)Nc1c(F)cccc1Cl. The fourth-order valence-electron chi connectivity index (χ4n) is 1.99. The first-order valence-electron chi connectivity index (χ1n) is 5.55. The van der Waals surface area contributed by atoms with E-state index in [4.69, 9.17) is 11.6 Å². The summed E-state index contributed by atoms with van der Waals surface area (Å²) in [5.41, 5.74) is 0.0678. The van der Waals surface area contributed by atoms with E-state index in [9.17, 15) is 9.18 Å². The molecule has 3 nitrogen and oxygen atoms in total. The van der Waals surface area contributed by atoms with E-state index in [1.807, 2.05) is 6.92 Å². The molecule has 5 heteroatoms. The Labute approximate surface area is 104 Å². The zero-order valence-corrected chi connectivity index (χ0v) is 10.2. The van der Waals surface area contributed by atoms with E-state index in [1.165, 1.54) is 12.1 Å². The van der Waals surface area contributed by atoms with Gasteiger partial charge in [-0.25, -0.2) is 4.39 Å². The van der Waals surface area contributed by atoms with E-state index in [2.05, 4.69) is 10.6 Å². The van der Waals surface area contributed by atoms with Gasteiger partial charge in [-0.05, 0) is 24.6 Å². The van der Waals surface area contributed by atoms with Crippen molar-refractivity contribution in [2.45, 2.75) is 6.92 Å². The Kier molecular flexibility index (Phi) is 3.64. The van der Waals surface area contributed by atoms with Crippen LogP contribution in [0, 0.1) is 17.7 Å². The fourth-order valence-corrected chi connectivity index (χ4v) is 2.20. The first kappa shape index (κ1) is 12.3. The van der Waals surface area contributed by atoms with Crippen molar-refractivity contribution in [2.24, 2.45) is 11.8 Å². The number of halogens is 2. The van der Waals surface area contributed by atoms with Gasteiger partial charge in [-0.15, -0.1) is 0 Å². The molecule has 1 aliphatic heterocycles. The minimum Gasteiger partial charge on any atom is -0.322 e. The number of nitrogens with one attached hydrogen (secondary N) is 2. The van der Waals surface area contributed by atoms with Crippen LogP contribution < -0.4 is 10.6 Å². The summed E-state index contributed by atoms with van der Waals surface area (Å²) in [5.74, 6) is -0.579. The summed E-state index contributed by atoms with van der Waals surface area (Å²) < 4.78 is 13.5. The molecular formula is C12H14ClFN2O. The van der Waals surface area contributed by atoms with E-state index in [0.29, 0.717) is 6.54 Å². The lowest BCUT2D eigenvalue weighted by Gasteiger charge is -2.15. The van der Waals surface area contributed by atoms with Gasteiger partial charge in [-0.2, -0.15) is 0 Å². The lowest BCUT2D eigenvalue weighted by molar-refractivity contribution is -0.120. The average Bonchev–Trinajstić information content (AvgIpc) is 2.70. The number of hydrogen-bond donors (Lipinski definition) is 2. The Morgan fingerprint density at radius 3 is 2.88 bits per heavy atom. The van der Waals surface area contributed by atoms with E-state index in [0.717, 1.165) is 6.54 Å². The standard InChI is InChI=1S/C12H14ClFN2O/c1-7-5-15-6-8(7)12(17)16-11-9(13)3-2-4-10(11)14/h2-4,7-8,15H,5-6H2,1H3,(H,16,17). The summed E-state index contributed by atoms with van der Waals surface area (Å²) in [6, 6.07) is 4.33. The van der Waals surface area contributed by atoms with Crippen molar-refractivity contribution in [3.8, 4) is 0 Å². The van der Waals surface area contributed by atoms with E-state index in [1.54, 1.807) is 6.07 Å². The Morgan fingerprint density at radius 2 is 2.29 bits per heavy atom. The molecule has 0 aliphatic carbocycles. The molecule has 2 atom stereocenters. The molecule has 0 bridgehead atoms. The van der Waals surface area contributed by atoms with Crippen LogP contribution in [0.4, 0.5) is 10.1 Å². The van der Waals surface area contributed by atoms with Gasteiger partial charge in [0.2, 0.25) is 5.91 Å². The van der Waals surface area contributed by atoms with Gasteiger partial charge in [0.1, 0.15) is 5.82 Å². The summed E-state index contributed by atoms with van der Waals surface area (Å²) in [7, 11) is 0. The molecule has 17 heavy (non-hydrogen) atoms. The van der Waals surface area contributed by atoms with Crippen LogP contribution in [0.5, 0.6) is 0 Å². The molecule has 0 radical (unpaired) electrons. The normalized spacial score (nSPS) is 23.7. The summed E-state index contributed by atoms with van der Waals surface area (Å²) in [5, 5.41) is 5.91. The van der Waals surface area contributed by atoms with Gasteiger partial charge >= 0.3 is 0 Å². The van der Waals surface area contributed by atoms with Crippen molar-refractivity contribution < 1.29 is 9.18 Å². The lowest BCUT2D eigenvalue weighted by atomic mass is 9.97. The number of hydrogen-bond acceptors (Lipinski definition) is 2. The number of anilines is 1. The minimum atomic E-state index is -0.510. The van der Waals surface area contributed by atoms with Crippen LogP contribution in [-0.4, -0.2) is 19.0 Å². The largest absolute Gasteiger partial charge is 0.322 e. The highest BCUT2D eigenvalue weighted by Crippen LogP contribution is 2.26. The maximum atomic E-state index is 13.5. The third-order valence-corrected chi connectivity index (χ3v) is 3.38. The molecule has 2 unspecified atom stereocenters. The van der Waals surface area contributed by atoms with E-state index >= 15 is 0 Å². The Hall–Kier alpha value is -1.13. The number of amides is 1. The van der Waals surface area contributed by atoms with Crippen LogP contribution in [0.15, 0.2) is 18.2 Å². The Bertz CT molecular complexity index is 418. The van der Waals surface area contributed by atoms with Crippen LogP contribution in [-0.2, 0) is 4.79 Å². The van der Waals surface area contributed by atoms with Gasteiger partial charge < -0.3 is 10.6 Å². The molecule has 1 saturated heterocycles. The van der Waals surface area contributed by atoms with E-state index < -0.39 is 5.82 Å². The number of para-hydroxylation sites is 1. The van der Waals surface area contributed by atoms with Gasteiger partial charge in [0, 0.05) is 6.54 Å². The predicted octanol–water partition coefficient (Wildman–Crippen LogP) is 2.27. The molecule has 2 N–H and O–H groups in total. The van der Waals surface area contributed by atoms with Crippen molar-refractivity contribution in [3.63, 3.8) is 0 Å². The van der Waals surface area contributed by atoms with Gasteiger partial charge in [0.05, 0.1) is 16.6 Å². The number of carbonyl (C=O) groups excluding carboxylic acids is 1. The molecule has 1 aliphatic rings. The number of benzene rings is 1. The summed E-state index contributed by atoms with van der Waals surface area (Å²) in [6.45, 7) is 3.43. The molecule has 0 spiro atoms. The maximum absolute atomic E-state index is 13.5.